The van der Waals surface area contributed by atoms with Crippen LogP contribution in [0.1, 0.15) is 23.1 Å². The first-order valence-corrected chi connectivity index (χ1v) is 8.64. The molecule has 3 aromatic rings. The van der Waals surface area contributed by atoms with Crippen LogP contribution in [0.5, 0.6) is 0 Å². The van der Waals surface area contributed by atoms with Gasteiger partial charge in [0.1, 0.15) is 0 Å². The summed E-state index contributed by atoms with van der Waals surface area (Å²) in [7, 11) is 0. The fourth-order valence-corrected chi connectivity index (χ4v) is 3.51. The molecule has 3 aromatic carbocycles. The molecule has 4 rings (SSSR count). The minimum atomic E-state index is -0.481. The highest BCUT2D eigenvalue weighted by molar-refractivity contribution is 5.97. The second-order valence-corrected chi connectivity index (χ2v) is 6.54. The Labute approximate surface area is 149 Å². The Morgan fingerprint density at radius 3 is 1.76 bits per heavy atom. The van der Waals surface area contributed by atoms with Crippen molar-refractivity contribution in [2.45, 2.75) is 12.0 Å². The van der Waals surface area contributed by atoms with Crippen molar-refractivity contribution < 1.29 is 0 Å². The quantitative estimate of drug-likeness (QED) is 0.685. The van der Waals surface area contributed by atoms with E-state index in [0.29, 0.717) is 0 Å². The molecule has 0 saturated carbocycles. The molecule has 25 heavy (non-hydrogen) atoms. The SMILES string of the molecule is NC1(c2ccccc2)C=CC(c2ccccc2)=C(c2ccccc2)C1. The lowest BCUT2D eigenvalue weighted by atomic mass is 9.76. The zero-order chi connectivity index (χ0) is 17.1. The highest BCUT2D eigenvalue weighted by atomic mass is 14.7. The Kier molecular flexibility index (Phi) is 4.09. The molecule has 1 aliphatic rings. The van der Waals surface area contributed by atoms with E-state index >= 15 is 0 Å². The fourth-order valence-electron chi connectivity index (χ4n) is 3.51. The summed E-state index contributed by atoms with van der Waals surface area (Å²) < 4.78 is 0. The molecule has 0 aliphatic heterocycles. The van der Waals surface area contributed by atoms with Crippen LogP contribution in [-0.4, -0.2) is 0 Å². The monoisotopic (exact) mass is 323 g/mol. The van der Waals surface area contributed by atoms with E-state index in [1.807, 2.05) is 6.07 Å². The fraction of sp³-hybridized carbons (Fsp3) is 0.0833. The van der Waals surface area contributed by atoms with Gasteiger partial charge in [0.15, 0.2) is 0 Å². The van der Waals surface area contributed by atoms with E-state index in [0.717, 1.165) is 12.0 Å². The van der Waals surface area contributed by atoms with Crippen molar-refractivity contribution in [3.8, 4) is 0 Å². The summed E-state index contributed by atoms with van der Waals surface area (Å²) in [5.41, 5.74) is 12.5. The van der Waals surface area contributed by atoms with Gasteiger partial charge in [-0.1, -0.05) is 103 Å². The van der Waals surface area contributed by atoms with Gasteiger partial charge in [-0.25, -0.2) is 0 Å². The highest BCUT2D eigenvalue weighted by Gasteiger charge is 2.30. The van der Waals surface area contributed by atoms with Crippen molar-refractivity contribution in [2.75, 3.05) is 0 Å². The Morgan fingerprint density at radius 2 is 1.16 bits per heavy atom. The van der Waals surface area contributed by atoms with Crippen molar-refractivity contribution in [1.29, 1.82) is 0 Å². The van der Waals surface area contributed by atoms with E-state index in [2.05, 4.69) is 97.1 Å². The van der Waals surface area contributed by atoms with Crippen LogP contribution in [0.3, 0.4) is 0 Å². The molecule has 1 heteroatoms. The smallest absolute Gasteiger partial charge is 0.0639 e. The van der Waals surface area contributed by atoms with Gasteiger partial charge in [-0.15, -0.1) is 0 Å². The van der Waals surface area contributed by atoms with Gasteiger partial charge in [0.2, 0.25) is 0 Å². The number of nitrogens with two attached hydrogens (primary N) is 1. The van der Waals surface area contributed by atoms with Crippen LogP contribution in [0.25, 0.3) is 11.1 Å². The largest absolute Gasteiger partial charge is 0.318 e. The first-order valence-electron chi connectivity index (χ1n) is 8.64. The number of hydrogen-bond acceptors (Lipinski definition) is 1. The van der Waals surface area contributed by atoms with Crippen molar-refractivity contribution in [3.05, 3.63) is 120 Å². The summed E-state index contributed by atoms with van der Waals surface area (Å²) in [5.74, 6) is 0. The third-order valence-corrected chi connectivity index (χ3v) is 4.86. The maximum Gasteiger partial charge on any atom is 0.0639 e. The predicted octanol–water partition coefficient (Wildman–Crippen LogP) is 5.41. The van der Waals surface area contributed by atoms with E-state index in [1.54, 1.807) is 0 Å². The number of benzene rings is 3. The molecule has 0 heterocycles. The number of allylic oxidation sites excluding steroid dienone is 2. The summed E-state index contributed by atoms with van der Waals surface area (Å²) in [6, 6.07) is 31.5. The van der Waals surface area contributed by atoms with Gasteiger partial charge in [-0.05, 0) is 34.3 Å². The van der Waals surface area contributed by atoms with Crippen LogP contribution in [0.2, 0.25) is 0 Å². The van der Waals surface area contributed by atoms with E-state index in [4.69, 9.17) is 5.73 Å². The molecular weight excluding hydrogens is 302 g/mol. The van der Waals surface area contributed by atoms with Crippen LogP contribution in [0, 0.1) is 0 Å². The van der Waals surface area contributed by atoms with Gasteiger partial charge < -0.3 is 5.73 Å². The van der Waals surface area contributed by atoms with E-state index in [9.17, 15) is 0 Å². The third kappa shape index (κ3) is 3.07. The van der Waals surface area contributed by atoms with Gasteiger partial charge in [-0.2, -0.15) is 0 Å². The van der Waals surface area contributed by atoms with Crippen molar-refractivity contribution in [3.63, 3.8) is 0 Å². The molecule has 1 nitrogen and oxygen atoms in total. The van der Waals surface area contributed by atoms with Crippen LogP contribution < -0.4 is 5.73 Å². The molecule has 0 fully saturated rings. The first kappa shape index (κ1) is 15.6. The Hall–Kier alpha value is -2.90. The molecule has 0 aromatic heterocycles. The zero-order valence-electron chi connectivity index (χ0n) is 14.1. The lowest BCUT2D eigenvalue weighted by Gasteiger charge is -2.33. The van der Waals surface area contributed by atoms with E-state index < -0.39 is 5.54 Å². The lowest BCUT2D eigenvalue weighted by molar-refractivity contribution is 0.575. The molecule has 1 atom stereocenters. The van der Waals surface area contributed by atoms with Crippen LogP contribution in [0.4, 0.5) is 0 Å². The highest BCUT2D eigenvalue weighted by Crippen LogP contribution is 2.41. The minimum Gasteiger partial charge on any atom is -0.318 e. The van der Waals surface area contributed by atoms with Crippen LogP contribution in [-0.2, 0) is 5.54 Å². The van der Waals surface area contributed by atoms with Gasteiger partial charge in [0.25, 0.3) is 0 Å². The summed E-state index contributed by atoms with van der Waals surface area (Å²) in [5, 5.41) is 0. The van der Waals surface area contributed by atoms with Crippen molar-refractivity contribution in [2.24, 2.45) is 5.73 Å². The molecule has 0 amide bonds. The third-order valence-electron chi connectivity index (χ3n) is 4.86. The maximum absolute atomic E-state index is 6.83. The molecule has 122 valence electrons. The van der Waals surface area contributed by atoms with E-state index in [-0.39, 0.29) is 0 Å². The molecule has 0 saturated heterocycles. The van der Waals surface area contributed by atoms with Crippen molar-refractivity contribution >= 4 is 11.1 Å². The van der Waals surface area contributed by atoms with E-state index in [1.165, 1.54) is 22.3 Å². The normalized spacial score (nSPS) is 19.9. The second kappa shape index (κ2) is 6.54. The van der Waals surface area contributed by atoms with Gasteiger partial charge in [0, 0.05) is 0 Å². The van der Waals surface area contributed by atoms with Gasteiger partial charge >= 0.3 is 0 Å². The molecule has 0 radical (unpaired) electrons. The topological polar surface area (TPSA) is 26.0 Å². The Morgan fingerprint density at radius 1 is 0.640 bits per heavy atom. The van der Waals surface area contributed by atoms with Crippen molar-refractivity contribution in [1.82, 2.24) is 0 Å². The zero-order valence-corrected chi connectivity index (χ0v) is 14.1. The Balaban J connectivity index is 1.85. The standard InChI is InChI=1S/C24H21N/c25-24(21-14-8-3-9-15-21)17-16-22(19-10-4-1-5-11-19)23(18-24)20-12-6-2-7-13-20/h1-17H,18,25H2. The summed E-state index contributed by atoms with van der Waals surface area (Å²) in [6.07, 6.45) is 5.12. The number of rotatable bonds is 3. The first-order chi connectivity index (χ1) is 12.3. The summed E-state index contributed by atoms with van der Waals surface area (Å²) in [4.78, 5) is 0. The maximum atomic E-state index is 6.83. The van der Waals surface area contributed by atoms with Crippen LogP contribution >= 0.6 is 0 Å². The lowest BCUT2D eigenvalue weighted by Crippen LogP contribution is -2.36. The van der Waals surface area contributed by atoms with Gasteiger partial charge in [-0.3, -0.25) is 0 Å². The molecule has 1 unspecified atom stereocenters. The predicted molar refractivity (Wildman–Crippen MR) is 106 cm³/mol. The number of hydrogen-bond donors (Lipinski definition) is 1. The van der Waals surface area contributed by atoms with Crippen LogP contribution in [0.15, 0.2) is 103 Å². The molecular formula is C24H21N. The molecule has 0 spiro atoms. The summed E-state index contributed by atoms with van der Waals surface area (Å²) >= 11 is 0. The Bertz CT molecular complexity index is 908. The average molecular weight is 323 g/mol. The molecule has 0 bridgehead atoms. The molecule has 1 aliphatic carbocycles. The average Bonchev–Trinajstić information content (AvgIpc) is 2.70. The minimum absolute atomic E-state index is 0.481. The van der Waals surface area contributed by atoms with Gasteiger partial charge in [0.05, 0.1) is 5.54 Å². The molecule has 2 N–H and O–H groups in total. The second-order valence-electron chi connectivity index (χ2n) is 6.54. The summed E-state index contributed by atoms with van der Waals surface area (Å²) in [6.45, 7) is 0.